The van der Waals surface area contributed by atoms with E-state index < -0.39 is 0 Å². The lowest BCUT2D eigenvalue weighted by Gasteiger charge is -2.15. The number of nitrogens with zero attached hydrogens (tertiary/aromatic N) is 2. The highest BCUT2D eigenvalue weighted by Gasteiger charge is 2.05. The molecule has 0 aliphatic carbocycles. The summed E-state index contributed by atoms with van der Waals surface area (Å²) in [4.78, 5) is 5.43. The molecule has 0 amide bonds. The van der Waals surface area contributed by atoms with E-state index in [4.69, 9.17) is 16.9 Å². The van der Waals surface area contributed by atoms with E-state index >= 15 is 0 Å². The second-order valence-electron chi connectivity index (χ2n) is 4.00. The van der Waals surface area contributed by atoms with E-state index in [1.165, 1.54) is 4.90 Å². The lowest BCUT2D eigenvalue weighted by Crippen LogP contribution is -2.42. The third-order valence-corrected chi connectivity index (χ3v) is 2.78. The average molecular weight is 249 g/mol. The summed E-state index contributed by atoms with van der Waals surface area (Å²) < 4.78 is 0. The van der Waals surface area contributed by atoms with Gasteiger partial charge < -0.3 is 16.6 Å². The molecule has 6 nitrogen and oxygen atoms in total. The van der Waals surface area contributed by atoms with E-state index in [9.17, 15) is 5.11 Å². The van der Waals surface area contributed by atoms with E-state index in [-0.39, 0.29) is 17.7 Å². The normalized spacial score (nSPS) is 11.3. The lowest BCUT2D eigenvalue weighted by molar-refractivity contribution is 0.470. The maximum absolute atomic E-state index is 9.56. The van der Waals surface area contributed by atoms with Gasteiger partial charge in [0.05, 0.1) is 0 Å². The van der Waals surface area contributed by atoms with Gasteiger partial charge in [-0.3, -0.25) is 15.3 Å². The standard InChI is InChI=1S/C12H19N5O/c1-8-9(4-3-5-10(8)18)6-7-16-12(15)17(2)11(13)14/h3-5,18H,6-7H2,1-2H3,(H3,13,14)(H2,15,16). The molecule has 0 saturated carbocycles. The predicted molar refractivity (Wildman–Crippen MR) is 72.7 cm³/mol. The van der Waals surface area contributed by atoms with Crippen molar-refractivity contribution in [2.24, 2.45) is 16.5 Å². The summed E-state index contributed by atoms with van der Waals surface area (Å²) in [5, 5.41) is 16.8. The number of aliphatic imine (C=N–C) groups is 1. The summed E-state index contributed by atoms with van der Waals surface area (Å²) in [5.41, 5.74) is 12.8. The third-order valence-electron chi connectivity index (χ3n) is 2.78. The first-order valence-corrected chi connectivity index (χ1v) is 5.58. The van der Waals surface area contributed by atoms with Crippen LogP contribution in [0.25, 0.3) is 0 Å². The Labute approximate surface area is 106 Å². The molecule has 1 aromatic carbocycles. The zero-order valence-electron chi connectivity index (χ0n) is 10.6. The number of phenolic OH excluding ortho intramolecular Hbond substituents is 1. The fourth-order valence-corrected chi connectivity index (χ4v) is 1.46. The summed E-state index contributed by atoms with van der Waals surface area (Å²) in [6.45, 7) is 2.34. The number of hydrogen-bond acceptors (Lipinski definition) is 3. The van der Waals surface area contributed by atoms with Crippen LogP contribution in [0.2, 0.25) is 0 Å². The number of nitrogens with one attached hydrogen (secondary N) is 1. The Hall–Kier alpha value is -2.24. The Morgan fingerprint density at radius 3 is 2.72 bits per heavy atom. The van der Waals surface area contributed by atoms with Crippen molar-refractivity contribution in [3.8, 4) is 5.75 Å². The van der Waals surface area contributed by atoms with Crippen LogP contribution in [-0.4, -0.2) is 35.5 Å². The maximum Gasteiger partial charge on any atom is 0.197 e. The van der Waals surface area contributed by atoms with E-state index in [2.05, 4.69) is 4.99 Å². The number of hydrogen-bond donors (Lipinski definition) is 4. The van der Waals surface area contributed by atoms with Crippen molar-refractivity contribution >= 4 is 11.9 Å². The molecule has 0 atom stereocenters. The van der Waals surface area contributed by atoms with Gasteiger partial charge in [0, 0.05) is 13.6 Å². The van der Waals surface area contributed by atoms with E-state index in [1.807, 2.05) is 13.0 Å². The van der Waals surface area contributed by atoms with Gasteiger partial charge in [-0.2, -0.15) is 0 Å². The highest BCUT2D eigenvalue weighted by Crippen LogP contribution is 2.19. The van der Waals surface area contributed by atoms with Gasteiger partial charge in [0.15, 0.2) is 11.9 Å². The largest absolute Gasteiger partial charge is 0.508 e. The van der Waals surface area contributed by atoms with Gasteiger partial charge in [0.2, 0.25) is 0 Å². The molecule has 18 heavy (non-hydrogen) atoms. The zero-order chi connectivity index (χ0) is 13.7. The maximum atomic E-state index is 9.56. The Balaban J connectivity index is 2.64. The van der Waals surface area contributed by atoms with E-state index in [0.29, 0.717) is 13.0 Å². The first-order chi connectivity index (χ1) is 8.43. The van der Waals surface area contributed by atoms with Gasteiger partial charge in [0.1, 0.15) is 5.75 Å². The highest BCUT2D eigenvalue weighted by molar-refractivity contribution is 5.95. The van der Waals surface area contributed by atoms with Crippen LogP contribution in [0.5, 0.6) is 5.75 Å². The molecule has 1 rings (SSSR count). The van der Waals surface area contributed by atoms with Crippen molar-refractivity contribution in [2.75, 3.05) is 13.6 Å². The van der Waals surface area contributed by atoms with Crippen molar-refractivity contribution in [3.63, 3.8) is 0 Å². The summed E-state index contributed by atoms with van der Waals surface area (Å²) in [7, 11) is 1.58. The topological polar surface area (TPSA) is 112 Å². The van der Waals surface area contributed by atoms with Gasteiger partial charge in [-0.05, 0) is 30.5 Å². The van der Waals surface area contributed by atoms with Crippen LogP contribution in [0, 0.1) is 12.3 Å². The molecule has 0 fully saturated rings. The second-order valence-corrected chi connectivity index (χ2v) is 4.00. The third kappa shape index (κ3) is 3.38. The predicted octanol–water partition coefficient (Wildman–Crippen LogP) is 0.383. The van der Waals surface area contributed by atoms with Crippen LogP contribution >= 0.6 is 0 Å². The quantitative estimate of drug-likeness (QED) is 0.458. The van der Waals surface area contributed by atoms with Gasteiger partial charge >= 0.3 is 0 Å². The number of aromatic hydroxyl groups is 1. The molecule has 0 saturated heterocycles. The molecule has 0 radical (unpaired) electrons. The molecule has 1 aromatic rings. The minimum absolute atomic E-state index is 0.148. The molecule has 0 unspecified atom stereocenters. The molecule has 6 heteroatoms. The zero-order valence-corrected chi connectivity index (χ0v) is 10.6. The SMILES string of the molecule is Cc1c(O)cccc1CCN=C(N)N(C)C(=N)N. The Kier molecular flexibility index (Phi) is 4.53. The summed E-state index contributed by atoms with van der Waals surface area (Å²) in [5.74, 6) is 0.343. The van der Waals surface area contributed by atoms with Crippen LogP contribution in [-0.2, 0) is 6.42 Å². The van der Waals surface area contributed by atoms with Gasteiger partial charge in [0.25, 0.3) is 0 Å². The molecule has 98 valence electrons. The smallest absolute Gasteiger partial charge is 0.197 e. The van der Waals surface area contributed by atoms with Gasteiger partial charge in [-0.1, -0.05) is 12.1 Å². The molecule has 0 spiro atoms. The monoisotopic (exact) mass is 249 g/mol. The minimum atomic E-state index is -0.148. The van der Waals surface area contributed by atoms with E-state index in [1.54, 1.807) is 19.2 Å². The average Bonchev–Trinajstić information content (AvgIpc) is 2.33. The Morgan fingerprint density at radius 2 is 2.11 bits per heavy atom. The lowest BCUT2D eigenvalue weighted by atomic mass is 10.1. The number of guanidine groups is 2. The first kappa shape index (κ1) is 13.8. The van der Waals surface area contributed by atoms with Crippen molar-refractivity contribution in [1.29, 1.82) is 5.41 Å². The van der Waals surface area contributed by atoms with Crippen molar-refractivity contribution in [3.05, 3.63) is 29.3 Å². The number of phenols is 1. The fraction of sp³-hybridized carbons (Fsp3) is 0.333. The Morgan fingerprint density at radius 1 is 1.44 bits per heavy atom. The second kappa shape index (κ2) is 5.90. The highest BCUT2D eigenvalue weighted by atomic mass is 16.3. The van der Waals surface area contributed by atoms with Crippen LogP contribution in [0.3, 0.4) is 0 Å². The molecule has 6 N–H and O–H groups in total. The molecule has 0 heterocycles. The summed E-state index contributed by atoms with van der Waals surface area (Å²) in [6.07, 6.45) is 0.673. The number of rotatable bonds is 3. The molecule has 0 aliphatic rings. The van der Waals surface area contributed by atoms with Crippen LogP contribution < -0.4 is 11.5 Å². The molecule has 0 aromatic heterocycles. The minimum Gasteiger partial charge on any atom is -0.508 e. The summed E-state index contributed by atoms with van der Waals surface area (Å²) in [6, 6.07) is 5.39. The molecular weight excluding hydrogens is 230 g/mol. The van der Waals surface area contributed by atoms with Gasteiger partial charge in [-0.15, -0.1) is 0 Å². The molecular formula is C12H19N5O. The van der Waals surface area contributed by atoms with Crippen LogP contribution in [0.4, 0.5) is 0 Å². The first-order valence-electron chi connectivity index (χ1n) is 5.58. The summed E-state index contributed by atoms with van der Waals surface area (Å²) >= 11 is 0. The van der Waals surface area contributed by atoms with Crippen molar-refractivity contribution in [2.45, 2.75) is 13.3 Å². The van der Waals surface area contributed by atoms with Crippen LogP contribution in [0.1, 0.15) is 11.1 Å². The number of nitrogens with two attached hydrogens (primary N) is 2. The van der Waals surface area contributed by atoms with Gasteiger partial charge in [-0.25, -0.2) is 0 Å². The van der Waals surface area contributed by atoms with Crippen LogP contribution in [0.15, 0.2) is 23.2 Å². The van der Waals surface area contributed by atoms with Crippen molar-refractivity contribution < 1.29 is 5.11 Å². The Bertz CT molecular complexity index is 470. The fourth-order valence-electron chi connectivity index (χ4n) is 1.46. The molecule has 0 bridgehead atoms. The van der Waals surface area contributed by atoms with E-state index in [0.717, 1.165) is 11.1 Å². The van der Waals surface area contributed by atoms with Crippen molar-refractivity contribution in [1.82, 2.24) is 4.90 Å². The number of benzene rings is 1. The molecule has 0 aliphatic heterocycles.